The van der Waals surface area contributed by atoms with Crippen LogP contribution in [-0.2, 0) is 4.79 Å². The van der Waals surface area contributed by atoms with Crippen molar-refractivity contribution in [2.24, 2.45) is 0 Å². The third-order valence-corrected chi connectivity index (χ3v) is 3.81. The van der Waals surface area contributed by atoms with Crippen LogP contribution >= 0.6 is 12.2 Å². The van der Waals surface area contributed by atoms with E-state index in [2.05, 4.69) is 24.5 Å². The molecular formula is C16H23N3OS. The molecule has 0 saturated carbocycles. The Morgan fingerprint density at radius 2 is 2.29 bits per heavy atom. The first-order valence-electron chi connectivity index (χ1n) is 7.58. The SMILES string of the molecule is CCCC(C)NC(=S)Nc1cccc(N2CCCC2=O)c1. The topological polar surface area (TPSA) is 44.4 Å². The summed E-state index contributed by atoms with van der Waals surface area (Å²) in [6, 6.07) is 8.20. The fourth-order valence-corrected chi connectivity index (χ4v) is 2.89. The number of hydrogen-bond donors (Lipinski definition) is 2. The molecule has 5 heteroatoms. The van der Waals surface area contributed by atoms with Crippen molar-refractivity contribution in [2.75, 3.05) is 16.8 Å². The predicted molar refractivity (Wildman–Crippen MR) is 91.8 cm³/mol. The number of benzene rings is 1. The van der Waals surface area contributed by atoms with Gasteiger partial charge in [-0.2, -0.15) is 0 Å². The number of hydrogen-bond acceptors (Lipinski definition) is 2. The number of anilines is 2. The van der Waals surface area contributed by atoms with E-state index in [0.717, 1.165) is 37.2 Å². The van der Waals surface area contributed by atoms with Gasteiger partial charge in [0.15, 0.2) is 5.11 Å². The number of amides is 1. The quantitative estimate of drug-likeness (QED) is 0.819. The zero-order chi connectivity index (χ0) is 15.2. The van der Waals surface area contributed by atoms with Crippen LogP contribution < -0.4 is 15.5 Å². The zero-order valence-electron chi connectivity index (χ0n) is 12.7. The highest BCUT2D eigenvalue weighted by Crippen LogP contribution is 2.24. The lowest BCUT2D eigenvalue weighted by atomic mass is 10.2. The van der Waals surface area contributed by atoms with Crippen LogP contribution in [0, 0.1) is 0 Å². The number of thiocarbonyl (C=S) groups is 1. The van der Waals surface area contributed by atoms with Crippen LogP contribution in [-0.4, -0.2) is 23.6 Å². The average molecular weight is 305 g/mol. The van der Waals surface area contributed by atoms with Crippen LogP contribution in [0.4, 0.5) is 11.4 Å². The first-order chi connectivity index (χ1) is 10.1. The summed E-state index contributed by atoms with van der Waals surface area (Å²) in [5.41, 5.74) is 1.85. The summed E-state index contributed by atoms with van der Waals surface area (Å²) < 4.78 is 0. The Morgan fingerprint density at radius 3 is 2.95 bits per heavy atom. The maximum atomic E-state index is 11.8. The summed E-state index contributed by atoms with van der Waals surface area (Å²) in [7, 11) is 0. The van der Waals surface area contributed by atoms with Crippen molar-refractivity contribution in [3.63, 3.8) is 0 Å². The van der Waals surface area contributed by atoms with Crippen molar-refractivity contribution in [3.05, 3.63) is 24.3 Å². The molecule has 1 aromatic carbocycles. The van der Waals surface area contributed by atoms with Gasteiger partial charge in [0.2, 0.25) is 5.91 Å². The van der Waals surface area contributed by atoms with Crippen molar-refractivity contribution in [2.45, 2.75) is 45.6 Å². The summed E-state index contributed by atoms with van der Waals surface area (Å²) in [6.07, 6.45) is 3.80. The Balaban J connectivity index is 1.97. The summed E-state index contributed by atoms with van der Waals surface area (Å²) >= 11 is 5.32. The van der Waals surface area contributed by atoms with Crippen molar-refractivity contribution in [1.82, 2.24) is 5.32 Å². The normalized spacial score (nSPS) is 15.9. The largest absolute Gasteiger partial charge is 0.360 e. The van der Waals surface area contributed by atoms with E-state index in [4.69, 9.17) is 12.2 Å². The van der Waals surface area contributed by atoms with E-state index in [1.165, 1.54) is 0 Å². The van der Waals surface area contributed by atoms with Gasteiger partial charge in [-0.25, -0.2) is 0 Å². The first-order valence-corrected chi connectivity index (χ1v) is 7.99. The minimum atomic E-state index is 0.199. The monoisotopic (exact) mass is 305 g/mol. The number of carbonyl (C=O) groups excluding carboxylic acids is 1. The predicted octanol–water partition coefficient (Wildman–Crippen LogP) is 3.29. The third kappa shape index (κ3) is 4.43. The lowest BCUT2D eigenvalue weighted by Crippen LogP contribution is -2.35. The van der Waals surface area contributed by atoms with Gasteiger partial charge < -0.3 is 15.5 Å². The molecular weight excluding hydrogens is 282 g/mol. The van der Waals surface area contributed by atoms with Gasteiger partial charge >= 0.3 is 0 Å². The van der Waals surface area contributed by atoms with Crippen LogP contribution in [0.25, 0.3) is 0 Å². The molecule has 21 heavy (non-hydrogen) atoms. The average Bonchev–Trinajstić information content (AvgIpc) is 2.85. The molecule has 114 valence electrons. The molecule has 2 rings (SSSR count). The van der Waals surface area contributed by atoms with Crippen molar-refractivity contribution in [3.8, 4) is 0 Å². The summed E-state index contributed by atoms with van der Waals surface area (Å²) in [5.74, 6) is 0.199. The van der Waals surface area contributed by atoms with Gasteiger partial charge in [-0.1, -0.05) is 19.4 Å². The molecule has 1 unspecified atom stereocenters. The van der Waals surface area contributed by atoms with Crippen molar-refractivity contribution >= 4 is 34.6 Å². The van der Waals surface area contributed by atoms with Crippen LogP contribution in [0.1, 0.15) is 39.5 Å². The Kier molecular flexibility index (Phi) is 5.56. The lowest BCUT2D eigenvalue weighted by molar-refractivity contribution is -0.117. The van der Waals surface area contributed by atoms with Crippen LogP contribution in [0.5, 0.6) is 0 Å². The molecule has 1 aliphatic rings. The summed E-state index contributed by atoms with van der Waals surface area (Å²) in [6.45, 7) is 5.08. The fraction of sp³-hybridized carbons (Fsp3) is 0.500. The fourth-order valence-electron chi connectivity index (χ4n) is 2.57. The molecule has 1 heterocycles. The molecule has 0 radical (unpaired) electrons. The van der Waals surface area contributed by atoms with E-state index in [1.54, 1.807) is 0 Å². The summed E-state index contributed by atoms with van der Waals surface area (Å²) in [5, 5.41) is 7.08. The zero-order valence-corrected chi connectivity index (χ0v) is 13.5. The molecule has 1 aromatic rings. The van der Waals surface area contributed by atoms with Crippen molar-refractivity contribution < 1.29 is 4.79 Å². The Morgan fingerprint density at radius 1 is 1.48 bits per heavy atom. The standard InChI is InChI=1S/C16H23N3OS/c1-3-6-12(2)17-16(21)18-13-7-4-8-14(11-13)19-10-5-9-15(19)20/h4,7-8,11-12H,3,5-6,9-10H2,1-2H3,(H2,17,18,21). The molecule has 1 atom stereocenters. The van der Waals surface area contributed by atoms with E-state index in [-0.39, 0.29) is 5.91 Å². The highest BCUT2D eigenvalue weighted by atomic mass is 32.1. The number of carbonyl (C=O) groups is 1. The Bertz CT molecular complexity index is 518. The molecule has 0 bridgehead atoms. The van der Waals surface area contributed by atoms with Crippen molar-refractivity contribution in [1.29, 1.82) is 0 Å². The second-order valence-electron chi connectivity index (χ2n) is 5.49. The molecule has 1 saturated heterocycles. The van der Waals surface area contributed by atoms with Gasteiger partial charge in [-0.3, -0.25) is 4.79 Å². The van der Waals surface area contributed by atoms with E-state index in [0.29, 0.717) is 17.6 Å². The smallest absolute Gasteiger partial charge is 0.227 e. The molecule has 4 nitrogen and oxygen atoms in total. The Labute approximate surface area is 131 Å². The maximum Gasteiger partial charge on any atom is 0.227 e. The van der Waals surface area contributed by atoms with E-state index < -0.39 is 0 Å². The van der Waals surface area contributed by atoms with Gasteiger partial charge in [-0.05, 0) is 50.2 Å². The second kappa shape index (κ2) is 7.41. The molecule has 0 aliphatic carbocycles. The first kappa shape index (κ1) is 15.8. The van der Waals surface area contributed by atoms with Crippen LogP contribution in [0.2, 0.25) is 0 Å². The van der Waals surface area contributed by atoms with Crippen LogP contribution in [0.3, 0.4) is 0 Å². The minimum absolute atomic E-state index is 0.199. The van der Waals surface area contributed by atoms with Crippen LogP contribution in [0.15, 0.2) is 24.3 Å². The molecule has 1 amide bonds. The third-order valence-electron chi connectivity index (χ3n) is 3.59. The lowest BCUT2D eigenvalue weighted by Gasteiger charge is -2.19. The molecule has 0 spiro atoms. The number of rotatable bonds is 5. The second-order valence-corrected chi connectivity index (χ2v) is 5.90. The van der Waals surface area contributed by atoms with E-state index in [1.807, 2.05) is 29.2 Å². The van der Waals surface area contributed by atoms with E-state index in [9.17, 15) is 4.79 Å². The van der Waals surface area contributed by atoms with Gasteiger partial charge in [0, 0.05) is 30.4 Å². The maximum absolute atomic E-state index is 11.8. The summed E-state index contributed by atoms with van der Waals surface area (Å²) in [4.78, 5) is 13.6. The van der Waals surface area contributed by atoms with Gasteiger partial charge in [0.1, 0.15) is 0 Å². The number of nitrogens with zero attached hydrogens (tertiary/aromatic N) is 1. The van der Waals surface area contributed by atoms with E-state index >= 15 is 0 Å². The van der Waals surface area contributed by atoms with Gasteiger partial charge in [0.05, 0.1) is 0 Å². The highest BCUT2D eigenvalue weighted by Gasteiger charge is 2.21. The molecule has 2 N–H and O–H groups in total. The number of nitrogens with one attached hydrogen (secondary N) is 2. The van der Waals surface area contributed by atoms with Gasteiger partial charge in [-0.15, -0.1) is 0 Å². The highest BCUT2D eigenvalue weighted by molar-refractivity contribution is 7.80. The Hall–Kier alpha value is -1.62. The minimum Gasteiger partial charge on any atom is -0.360 e. The molecule has 1 aliphatic heterocycles. The van der Waals surface area contributed by atoms with Gasteiger partial charge in [0.25, 0.3) is 0 Å². The molecule has 0 aromatic heterocycles. The molecule has 1 fully saturated rings.